The first-order valence-electron chi connectivity index (χ1n) is 3.17. The van der Waals surface area contributed by atoms with E-state index in [0.29, 0.717) is 0 Å². The van der Waals surface area contributed by atoms with Crippen LogP contribution in [0.3, 0.4) is 0 Å². The molecule has 0 saturated carbocycles. The predicted molar refractivity (Wildman–Crippen MR) is 43.2 cm³/mol. The quantitative estimate of drug-likeness (QED) is 0.319. The molecule has 0 amide bonds. The summed E-state index contributed by atoms with van der Waals surface area (Å²) in [5.41, 5.74) is -2.74. The zero-order valence-corrected chi connectivity index (χ0v) is 11.6. The first-order chi connectivity index (χ1) is 5.78. The van der Waals surface area contributed by atoms with Gasteiger partial charge in [-0.15, -0.1) is 0 Å². The topological polar surface area (TPSA) is 167 Å². The van der Waals surface area contributed by atoms with Crippen molar-refractivity contribution in [3.05, 3.63) is 0 Å². The van der Waals surface area contributed by atoms with E-state index in [1.54, 1.807) is 0 Å². The fraction of sp³-hybridized carbons (Fsp3) is 0.500. The molecule has 0 radical (unpaired) electrons. The van der Waals surface area contributed by atoms with Crippen LogP contribution in [0.4, 0.5) is 0 Å². The standard InChI is InChI=1S/C6H8O7.Fe.H3N.Na.H/c7-3(8)1-6(13,5(11)12)2-4(9)10;;;;/h13H,1-2H2,(H,7,8)(H,9,10)(H,11,12);;1H3;;/q;;;+1;-1. The second-order valence-corrected chi connectivity index (χ2v) is 2.48. The van der Waals surface area contributed by atoms with Gasteiger partial charge in [0.1, 0.15) is 0 Å². The minimum absolute atomic E-state index is 0. The van der Waals surface area contributed by atoms with Gasteiger partial charge in [0.2, 0.25) is 0 Å². The summed E-state index contributed by atoms with van der Waals surface area (Å²) in [6, 6.07) is 0. The van der Waals surface area contributed by atoms with Gasteiger partial charge in [0.25, 0.3) is 0 Å². The molecule has 16 heavy (non-hydrogen) atoms. The number of carbonyl (C=O) groups is 3. The van der Waals surface area contributed by atoms with Gasteiger partial charge in [0, 0.05) is 17.1 Å². The van der Waals surface area contributed by atoms with Crippen LogP contribution in [0.2, 0.25) is 0 Å². The number of aliphatic carboxylic acids is 3. The number of hydrogen-bond acceptors (Lipinski definition) is 5. The summed E-state index contributed by atoms with van der Waals surface area (Å²) >= 11 is 0. The molecule has 0 aromatic carbocycles. The average molecular weight is 289 g/mol. The SMILES string of the molecule is N.O=C(O)CC(O)(CC(=O)O)C(=O)O.[Fe].[H-].[Na+]. The molecule has 0 fully saturated rings. The summed E-state index contributed by atoms with van der Waals surface area (Å²) in [6.07, 6.45) is -2.29. The molecular weight excluding hydrogens is 277 g/mol. The van der Waals surface area contributed by atoms with Crippen molar-refractivity contribution in [1.82, 2.24) is 6.15 Å². The largest absolute Gasteiger partial charge is 1.00 e. The van der Waals surface area contributed by atoms with E-state index in [2.05, 4.69) is 0 Å². The molecule has 0 spiro atoms. The first kappa shape index (κ1) is 24.9. The molecule has 0 bridgehead atoms. The zero-order valence-electron chi connectivity index (χ0n) is 9.49. The van der Waals surface area contributed by atoms with Crippen LogP contribution in [-0.4, -0.2) is 43.9 Å². The Labute approximate surface area is 125 Å². The van der Waals surface area contributed by atoms with E-state index in [1.807, 2.05) is 0 Å². The normalized spacial score (nSPS) is 8.81. The summed E-state index contributed by atoms with van der Waals surface area (Å²) in [5.74, 6) is -5.02. The van der Waals surface area contributed by atoms with Crippen LogP contribution < -0.4 is 35.7 Å². The molecule has 0 aliphatic carbocycles. The second-order valence-electron chi connectivity index (χ2n) is 2.48. The van der Waals surface area contributed by atoms with Gasteiger partial charge in [-0.05, 0) is 0 Å². The smallest absolute Gasteiger partial charge is 1.00 e. The first-order valence-corrected chi connectivity index (χ1v) is 3.17. The Morgan fingerprint density at radius 2 is 1.25 bits per heavy atom. The summed E-state index contributed by atoms with van der Waals surface area (Å²) in [6.45, 7) is 0. The molecule has 0 heterocycles. The van der Waals surface area contributed by atoms with Crippen LogP contribution in [0, 0.1) is 0 Å². The van der Waals surface area contributed by atoms with E-state index in [4.69, 9.17) is 20.4 Å². The molecule has 92 valence electrons. The van der Waals surface area contributed by atoms with Crippen LogP contribution in [0.5, 0.6) is 0 Å². The monoisotopic (exact) mass is 289 g/mol. The van der Waals surface area contributed by atoms with Crippen molar-refractivity contribution >= 4 is 17.9 Å². The molecular formula is C6H12FeNNaO7. The van der Waals surface area contributed by atoms with Gasteiger partial charge in [0.05, 0.1) is 12.8 Å². The van der Waals surface area contributed by atoms with Crippen molar-refractivity contribution in [2.75, 3.05) is 0 Å². The number of aliphatic hydroxyl groups is 1. The summed E-state index contributed by atoms with van der Waals surface area (Å²) < 4.78 is 0. The number of rotatable bonds is 5. The zero-order chi connectivity index (χ0) is 10.6. The van der Waals surface area contributed by atoms with Crippen LogP contribution in [0.25, 0.3) is 0 Å². The van der Waals surface area contributed by atoms with Crippen molar-refractivity contribution in [2.45, 2.75) is 18.4 Å². The van der Waals surface area contributed by atoms with E-state index >= 15 is 0 Å². The predicted octanol–water partition coefficient (Wildman–Crippen LogP) is -3.97. The van der Waals surface area contributed by atoms with Gasteiger partial charge >= 0.3 is 47.5 Å². The van der Waals surface area contributed by atoms with Crippen LogP contribution in [-0.2, 0) is 31.5 Å². The van der Waals surface area contributed by atoms with Crippen LogP contribution in [0.1, 0.15) is 14.3 Å². The molecule has 0 aromatic heterocycles. The fourth-order valence-electron chi connectivity index (χ4n) is 0.714. The van der Waals surface area contributed by atoms with Crippen molar-refractivity contribution in [3.8, 4) is 0 Å². The molecule has 0 atom stereocenters. The maximum atomic E-state index is 10.3. The third-order valence-electron chi connectivity index (χ3n) is 1.29. The summed E-state index contributed by atoms with van der Waals surface area (Å²) in [5, 5.41) is 33.8. The molecule has 0 saturated heterocycles. The van der Waals surface area contributed by atoms with E-state index in [1.165, 1.54) is 0 Å². The maximum Gasteiger partial charge on any atom is 1.00 e. The number of hydrogen-bond donors (Lipinski definition) is 5. The van der Waals surface area contributed by atoms with Crippen molar-refractivity contribution < 1.29 is 82.9 Å². The minimum atomic E-state index is -2.74. The Morgan fingerprint density at radius 3 is 1.38 bits per heavy atom. The van der Waals surface area contributed by atoms with Gasteiger partial charge in [-0.2, -0.15) is 0 Å². The van der Waals surface area contributed by atoms with E-state index in [0.717, 1.165) is 0 Å². The van der Waals surface area contributed by atoms with Crippen LogP contribution >= 0.6 is 0 Å². The molecule has 7 N–H and O–H groups in total. The Bertz CT molecular complexity index is 249. The Morgan fingerprint density at radius 1 is 1.00 bits per heavy atom. The van der Waals surface area contributed by atoms with E-state index in [-0.39, 0.29) is 54.2 Å². The molecule has 8 nitrogen and oxygen atoms in total. The van der Waals surface area contributed by atoms with Gasteiger partial charge in [-0.1, -0.05) is 0 Å². The molecule has 10 heteroatoms. The summed E-state index contributed by atoms with van der Waals surface area (Å²) in [7, 11) is 0. The number of carboxylic acid groups (broad SMARTS) is 3. The van der Waals surface area contributed by atoms with Gasteiger partial charge < -0.3 is 28.0 Å². The Kier molecular flexibility index (Phi) is 15.6. The third kappa shape index (κ3) is 9.10. The van der Waals surface area contributed by atoms with E-state index in [9.17, 15) is 14.4 Å². The molecule has 0 rings (SSSR count). The number of carboxylic acids is 3. The average Bonchev–Trinajstić information content (AvgIpc) is 1.82. The van der Waals surface area contributed by atoms with Crippen molar-refractivity contribution in [2.24, 2.45) is 0 Å². The third-order valence-corrected chi connectivity index (χ3v) is 1.29. The van der Waals surface area contributed by atoms with E-state index < -0.39 is 36.4 Å². The Balaban J connectivity index is -0.000000120. The molecule has 0 aliphatic rings. The minimum Gasteiger partial charge on any atom is -1.00 e. The van der Waals surface area contributed by atoms with Gasteiger partial charge in [-0.3, -0.25) is 9.59 Å². The fourth-order valence-corrected chi connectivity index (χ4v) is 0.714. The van der Waals surface area contributed by atoms with Crippen molar-refractivity contribution in [3.63, 3.8) is 0 Å². The van der Waals surface area contributed by atoms with Gasteiger partial charge in [0.15, 0.2) is 5.60 Å². The summed E-state index contributed by atoms with van der Waals surface area (Å²) in [4.78, 5) is 30.5. The molecule has 0 unspecified atom stereocenters. The van der Waals surface area contributed by atoms with Gasteiger partial charge in [-0.25, -0.2) is 4.79 Å². The maximum absolute atomic E-state index is 10.3. The molecule has 0 aliphatic heterocycles. The van der Waals surface area contributed by atoms with Crippen LogP contribution in [0.15, 0.2) is 0 Å². The second kappa shape index (κ2) is 10.0. The van der Waals surface area contributed by atoms with Crippen molar-refractivity contribution in [1.29, 1.82) is 0 Å². The Hall–Kier alpha value is -0.151. The molecule has 0 aromatic rings.